The van der Waals surface area contributed by atoms with Gasteiger partial charge < -0.3 is 9.32 Å². The molecule has 14 rings (SSSR count). The van der Waals surface area contributed by atoms with Crippen molar-refractivity contribution in [1.82, 2.24) is 4.98 Å². The highest BCUT2D eigenvalue weighted by Crippen LogP contribution is 2.55. The van der Waals surface area contributed by atoms with E-state index in [9.17, 15) is 0 Å². The third-order valence-electron chi connectivity index (χ3n) is 12.4. The first-order valence-corrected chi connectivity index (χ1v) is 20.2. The molecule has 0 N–H and O–H groups in total. The molecule has 0 aliphatic heterocycles. The predicted octanol–water partition coefficient (Wildman–Crippen LogP) is 14.4. The van der Waals surface area contributed by atoms with E-state index in [1.165, 1.54) is 29.2 Å². The average Bonchev–Trinajstić information content (AvgIpc) is 3.84. The molecule has 4 heteroatoms. The Bertz CT molecular complexity index is 3010. The Morgan fingerprint density at radius 1 is 0.564 bits per heavy atom. The van der Waals surface area contributed by atoms with Gasteiger partial charge in [0.25, 0.3) is 0 Å². The van der Waals surface area contributed by atoms with Crippen LogP contribution in [0.5, 0.6) is 0 Å². The standard InChI is InChI=1S/C51H36N2OS/c1-2-9-39(10-3-1)53(41-23-19-33(20-24-41)44-28-38-26-36-15-14-35(38)27-45(36)44)40-21-17-32(18-22-40)42-11-6-12-43-46-29-49-47(30-48(46)54-50(42)43)52-51(55-49)37-16-13-31-7-4-5-8-34(31)25-37/h1-25,28-30,35-36,38,45H,26-27H2/t35?,36?,38?,45-/m0/s1. The molecule has 5 aliphatic rings. The van der Waals surface area contributed by atoms with Crippen LogP contribution in [0.4, 0.5) is 17.1 Å². The number of rotatable bonds is 6. The normalized spacial score (nSPS) is 19.9. The maximum absolute atomic E-state index is 6.68. The lowest BCUT2D eigenvalue weighted by Crippen LogP contribution is -2.38. The number of hydrogen-bond donors (Lipinski definition) is 0. The van der Waals surface area contributed by atoms with Crippen molar-refractivity contribution in [3.8, 4) is 21.7 Å². The van der Waals surface area contributed by atoms with Gasteiger partial charge in [0.1, 0.15) is 16.2 Å². The SMILES string of the molecule is C1=CC2CC3C=C(c4ccc(N(c5ccccc5)c5ccc(-c6cccc7c6oc6cc8nc(-c9ccc%10ccccc%10c9)sc8cc67)cc5)cc4)[C@H]2CC13. The molecule has 0 saturated heterocycles. The smallest absolute Gasteiger partial charge is 0.143 e. The lowest BCUT2D eigenvalue weighted by atomic mass is 9.56. The first-order valence-electron chi connectivity index (χ1n) is 19.4. The number of benzene rings is 7. The molecule has 55 heavy (non-hydrogen) atoms. The summed E-state index contributed by atoms with van der Waals surface area (Å²) in [5, 5.41) is 5.73. The Balaban J connectivity index is 0.877. The van der Waals surface area contributed by atoms with E-state index in [0.29, 0.717) is 17.8 Å². The fraction of sp³-hybridized carbons (Fsp3) is 0.118. The van der Waals surface area contributed by atoms with E-state index in [-0.39, 0.29) is 0 Å². The molecule has 0 spiro atoms. The topological polar surface area (TPSA) is 29.3 Å². The van der Waals surface area contributed by atoms with Crippen molar-refractivity contribution in [2.45, 2.75) is 12.8 Å². The quantitative estimate of drug-likeness (QED) is 0.160. The van der Waals surface area contributed by atoms with Gasteiger partial charge in [0, 0.05) is 45.0 Å². The van der Waals surface area contributed by atoms with Crippen LogP contribution in [-0.4, -0.2) is 4.98 Å². The van der Waals surface area contributed by atoms with E-state index in [4.69, 9.17) is 9.40 Å². The van der Waals surface area contributed by atoms with Crippen molar-refractivity contribution in [2.75, 3.05) is 4.90 Å². The number of allylic oxidation sites excluding steroid dienone is 4. The molecule has 1 saturated carbocycles. The number of thiazole rings is 1. The minimum atomic E-state index is 0.669. The van der Waals surface area contributed by atoms with E-state index in [1.54, 1.807) is 16.9 Å². The molecule has 262 valence electrons. The maximum atomic E-state index is 6.68. The second-order valence-electron chi connectivity index (χ2n) is 15.5. The van der Waals surface area contributed by atoms with Crippen molar-refractivity contribution in [2.24, 2.45) is 23.7 Å². The lowest BCUT2D eigenvalue weighted by Gasteiger charge is -2.48. The van der Waals surface area contributed by atoms with Crippen LogP contribution in [0.15, 0.2) is 174 Å². The number of fused-ring (bicyclic) bond motifs is 5. The number of aromatic nitrogens is 1. The van der Waals surface area contributed by atoms with Gasteiger partial charge in [0.2, 0.25) is 0 Å². The van der Waals surface area contributed by atoms with Gasteiger partial charge in [0.15, 0.2) is 0 Å². The highest BCUT2D eigenvalue weighted by Gasteiger charge is 2.43. The second-order valence-corrected chi connectivity index (χ2v) is 16.6. The average molecular weight is 725 g/mol. The summed E-state index contributed by atoms with van der Waals surface area (Å²) in [5.41, 5.74) is 12.4. The summed E-state index contributed by atoms with van der Waals surface area (Å²) >= 11 is 1.74. The van der Waals surface area contributed by atoms with Crippen LogP contribution >= 0.6 is 11.3 Å². The number of furan rings is 1. The summed E-state index contributed by atoms with van der Waals surface area (Å²) in [7, 11) is 0. The Labute approximate surface area is 323 Å². The van der Waals surface area contributed by atoms with Gasteiger partial charge in [-0.05, 0) is 113 Å². The molecular formula is C51H36N2OS. The molecule has 4 bridgehead atoms. The molecule has 0 radical (unpaired) electrons. The van der Waals surface area contributed by atoms with Gasteiger partial charge in [-0.15, -0.1) is 11.3 Å². The molecular weight excluding hydrogens is 689 g/mol. The van der Waals surface area contributed by atoms with E-state index < -0.39 is 0 Å². The Morgan fingerprint density at radius 3 is 2.07 bits per heavy atom. The highest BCUT2D eigenvalue weighted by atomic mass is 32.1. The lowest BCUT2D eigenvalue weighted by molar-refractivity contribution is 0.198. The first kappa shape index (κ1) is 31.2. The Kier molecular flexibility index (Phi) is 6.88. The molecule has 4 atom stereocenters. The summed E-state index contributed by atoms with van der Waals surface area (Å²) < 4.78 is 7.84. The fourth-order valence-electron chi connectivity index (χ4n) is 9.74. The second kappa shape index (κ2) is 12.1. The van der Waals surface area contributed by atoms with Gasteiger partial charge in [-0.25, -0.2) is 4.98 Å². The predicted molar refractivity (Wildman–Crippen MR) is 230 cm³/mol. The first-order chi connectivity index (χ1) is 27.2. The molecule has 7 aromatic carbocycles. The monoisotopic (exact) mass is 724 g/mol. The van der Waals surface area contributed by atoms with E-state index in [1.807, 2.05) is 0 Å². The van der Waals surface area contributed by atoms with Crippen molar-refractivity contribution in [3.63, 3.8) is 0 Å². The fourth-order valence-corrected chi connectivity index (χ4v) is 10.7. The minimum absolute atomic E-state index is 0.669. The van der Waals surface area contributed by atoms with Crippen LogP contribution in [0.25, 0.3) is 70.2 Å². The van der Waals surface area contributed by atoms with Crippen molar-refractivity contribution in [1.29, 1.82) is 0 Å². The van der Waals surface area contributed by atoms with Gasteiger partial charge in [-0.1, -0.05) is 115 Å². The van der Waals surface area contributed by atoms with Crippen LogP contribution in [-0.2, 0) is 0 Å². The third kappa shape index (κ3) is 5.05. The van der Waals surface area contributed by atoms with Gasteiger partial charge in [-0.3, -0.25) is 0 Å². The minimum Gasteiger partial charge on any atom is -0.455 e. The number of hydrogen-bond acceptors (Lipinski definition) is 4. The highest BCUT2D eigenvalue weighted by molar-refractivity contribution is 7.21. The summed E-state index contributed by atoms with van der Waals surface area (Å²) in [5.74, 6) is 2.84. The van der Waals surface area contributed by atoms with Gasteiger partial charge in [0.05, 0.1) is 10.2 Å². The molecule has 5 aliphatic carbocycles. The van der Waals surface area contributed by atoms with Crippen molar-refractivity contribution < 1.29 is 4.42 Å². The Morgan fingerprint density at radius 2 is 1.29 bits per heavy atom. The maximum Gasteiger partial charge on any atom is 0.143 e. The van der Waals surface area contributed by atoms with Crippen LogP contribution in [0, 0.1) is 23.7 Å². The third-order valence-corrected chi connectivity index (χ3v) is 13.5. The molecule has 0 amide bonds. The number of nitrogens with zero attached hydrogens (tertiary/aromatic N) is 2. The molecule has 9 aromatic rings. The molecule has 3 nitrogen and oxygen atoms in total. The Hall–Kier alpha value is -6.23. The molecule has 3 unspecified atom stereocenters. The zero-order valence-electron chi connectivity index (χ0n) is 30.1. The largest absolute Gasteiger partial charge is 0.455 e. The van der Waals surface area contributed by atoms with Crippen LogP contribution in [0.1, 0.15) is 18.4 Å². The zero-order valence-corrected chi connectivity index (χ0v) is 30.9. The number of para-hydroxylation sites is 2. The van der Waals surface area contributed by atoms with E-state index in [0.717, 1.165) is 76.8 Å². The van der Waals surface area contributed by atoms with E-state index >= 15 is 0 Å². The van der Waals surface area contributed by atoms with Crippen LogP contribution in [0.2, 0.25) is 0 Å². The van der Waals surface area contributed by atoms with Crippen molar-refractivity contribution >= 4 is 76.9 Å². The van der Waals surface area contributed by atoms with E-state index in [2.05, 4.69) is 175 Å². The summed E-state index contributed by atoms with van der Waals surface area (Å²) in [6.45, 7) is 0. The summed E-state index contributed by atoms with van der Waals surface area (Å²) in [6.07, 6.45) is 10.2. The number of anilines is 3. The van der Waals surface area contributed by atoms with Crippen molar-refractivity contribution in [3.05, 3.63) is 175 Å². The van der Waals surface area contributed by atoms with Gasteiger partial charge >= 0.3 is 0 Å². The summed E-state index contributed by atoms with van der Waals surface area (Å²) in [4.78, 5) is 7.42. The zero-order chi connectivity index (χ0) is 36.0. The van der Waals surface area contributed by atoms with Crippen LogP contribution < -0.4 is 4.90 Å². The molecule has 2 heterocycles. The molecule has 2 aromatic heterocycles. The van der Waals surface area contributed by atoms with Gasteiger partial charge in [-0.2, -0.15) is 0 Å². The van der Waals surface area contributed by atoms with Crippen LogP contribution in [0.3, 0.4) is 0 Å². The molecule has 1 fully saturated rings. The summed E-state index contributed by atoms with van der Waals surface area (Å²) in [6, 6.07) is 54.8.